The lowest BCUT2D eigenvalue weighted by Gasteiger charge is -2.32. The SMILES string of the molecule is CNc1ncnc2c1c(-c1ccc(Oc3ccccc3)cc1)nn2C1CCN(C(=O)CCCCSc2cc3c(cc2F)C(=O)N(C2CCC(=O)NC2=O)C3=O)CC1. The van der Waals surface area contributed by atoms with Crippen LogP contribution in [0.25, 0.3) is 22.3 Å². The summed E-state index contributed by atoms with van der Waals surface area (Å²) in [5.74, 6) is -0.565. The van der Waals surface area contributed by atoms with Gasteiger partial charge >= 0.3 is 0 Å². The molecular formula is C41H39FN8O6S. The molecular weight excluding hydrogens is 752 g/mol. The van der Waals surface area contributed by atoms with Crippen molar-refractivity contribution < 1.29 is 33.1 Å². The van der Waals surface area contributed by atoms with Gasteiger partial charge in [0.05, 0.1) is 22.6 Å². The Morgan fingerprint density at radius 3 is 2.37 bits per heavy atom. The van der Waals surface area contributed by atoms with Crippen LogP contribution in [0.2, 0.25) is 0 Å². The molecule has 5 heterocycles. The van der Waals surface area contributed by atoms with Gasteiger partial charge in [-0.2, -0.15) is 5.10 Å². The number of fused-ring (bicyclic) bond motifs is 2. The maximum Gasteiger partial charge on any atom is 0.262 e. The molecule has 16 heteroatoms. The summed E-state index contributed by atoms with van der Waals surface area (Å²) in [7, 11) is 1.82. The zero-order chi connectivity index (χ0) is 39.6. The van der Waals surface area contributed by atoms with Gasteiger partial charge in [-0.15, -0.1) is 11.8 Å². The number of anilines is 1. The molecule has 0 saturated carbocycles. The van der Waals surface area contributed by atoms with Crippen LogP contribution in [0.3, 0.4) is 0 Å². The number of benzene rings is 3. The molecule has 0 aliphatic carbocycles. The summed E-state index contributed by atoms with van der Waals surface area (Å²) in [5, 5.41) is 11.2. The Bertz CT molecular complexity index is 2380. The Morgan fingerprint density at radius 2 is 1.65 bits per heavy atom. The van der Waals surface area contributed by atoms with Crippen molar-refractivity contribution in [2.24, 2.45) is 0 Å². The first-order valence-corrected chi connectivity index (χ1v) is 19.9. The summed E-state index contributed by atoms with van der Waals surface area (Å²) in [4.78, 5) is 75.3. The highest BCUT2D eigenvalue weighted by atomic mass is 32.2. The lowest BCUT2D eigenvalue weighted by Crippen LogP contribution is -2.54. The van der Waals surface area contributed by atoms with Crippen molar-refractivity contribution in [3.63, 3.8) is 0 Å². The number of amides is 5. The summed E-state index contributed by atoms with van der Waals surface area (Å²) in [6.07, 6.45) is 4.55. The molecule has 2 fully saturated rings. The molecule has 3 aliphatic rings. The van der Waals surface area contributed by atoms with Gasteiger partial charge in [0.15, 0.2) is 5.65 Å². The Morgan fingerprint density at radius 1 is 0.930 bits per heavy atom. The zero-order valence-electron chi connectivity index (χ0n) is 31.1. The number of nitrogens with one attached hydrogen (secondary N) is 2. The second-order valence-corrected chi connectivity index (χ2v) is 15.2. The van der Waals surface area contributed by atoms with E-state index < -0.39 is 35.5 Å². The molecule has 14 nitrogen and oxygen atoms in total. The predicted molar refractivity (Wildman–Crippen MR) is 209 cm³/mol. The summed E-state index contributed by atoms with van der Waals surface area (Å²) < 4.78 is 23.0. The standard InChI is InChI=1S/C41H39FN8O6S/c1-43-37-35-36(24-10-12-27(13-11-24)56-26-7-3-2-4-8-26)47-50(38(35)45-23-44-37)25-16-18-48(19-17-25)34(52)9-5-6-20-57-32-22-29-28(21-30(32)42)40(54)49(41(29)55)31-14-15-33(51)46-39(31)53/h2-4,7-8,10-13,21-23,25,31H,5-6,9,14-20H2,1H3,(H,43,44,45)(H,46,51,53). The number of thioether (sulfide) groups is 1. The Labute approximate surface area is 331 Å². The van der Waals surface area contributed by atoms with E-state index in [0.717, 1.165) is 39.0 Å². The molecule has 57 heavy (non-hydrogen) atoms. The van der Waals surface area contributed by atoms with Crippen LogP contribution in [-0.4, -0.2) is 91.0 Å². The third-order valence-electron chi connectivity index (χ3n) is 10.5. The summed E-state index contributed by atoms with van der Waals surface area (Å²) in [6, 6.07) is 18.7. The number of rotatable bonds is 12. The highest BCUT2D eigenvalue weighted by Crippen LogP contribution is 2.37. The maximum atomic E-state index is 15.1. The number of piperidine rings is 2. The predicted octanol–water partition coefficient (Wildman–Crippen LogP) is 5.99. The summed E-state index contributed by atoms with van der Waals surface area (Å²) in [6.45, 7) is 1.15. The van der Waals surface area contributed by atoms with Gasteiger partial charge in [-0.25, -0.2) is 19.0 Å². The van der Waals surface area contributed by atoms with Gasteiger partial charge in [0, 0.05) is 43.4 Å². The first-order chi connectivity index (χ1) is 27.7. The summed E-state index contributed by atoms with van der Waals surface area (Å²) >= 11 is 1.21. The van der Waals surface area contributed by atoms with Crippen LogP contribution < -0.4 is 15.4 Å². The van der Waals surface area contributed by atoms with Crippen molar-refractivity contribution in [2.45, 2.75) is 61.9 Å². The van der Waals surface area contributed by atoms with Crippen LogP contribution in [0.15, 0.2) is 78.0 Å². The molecule has 3 aromatic carbocycles. The van der Waals surface area contributed by atoms with E-state index in [9.17, 15) is 24.0 Å². The van der Waals surface area contributed by atoms with Gasteiger partial charge in [-0.3, -0.25) is 34.2 Å². The van der Waals surface area contributed by atoms with E-state index in [1.54, 1.807) is 0 Å². The third kappa shape index (κ3) is 7.56. The molecule has 1 atom stereocenters. The van der Waals surface area contributed by atoms with Crippen LogP contribution in [-0.2, 0) is 14.4 Å². The number of carbonyl (C=O) groups is 5. The molecule has 5 amide bonds. The molecule has 0 spiro atoms. The number of carbonyl (C=O) groups excluding carboxylic acids is 5. The van der Waals surface area contributed by atoms with Gasteiger partial charge in [0.2, 0.25) is 17.7 Å². The number of nitrogens with zero attached hydrogens (tertiary/aromatic N) is 6. The minimum absolute atomic E-state index is 0.000708. The van der Waals surface area contributed by atoms with Crippen molar-refractivity contribution in [3.05, 3.63) is 90.0 Å². The number of unbranched alkanes of at least 4 members (excludes halogenated alkanes) is 1. The first kappa shape index (κ1) is 37.7. The lowest BCUT2D eigenvalue weighted by molar-refractivity contribution is -0.136. The maximum absolute atomic E-state index is 15.1. The fraction of sp³-hybridized carbons (Fsp3) is 0.317. The van der Waals surface area contributed by atoms with Crippen LogP contribution in [0.1, 0.15) is 71.7 Å². The normalized spacial score (nSPS) is 17.3. The van der Waals surface area contributed by atoms with E-state index in [-0.39, 0.29) is 40.8 Å². The number of hydrogen-bond acceptors (Lipinski definition) is 11. The van der Waals surface area contributed by atoms with E-state index >= 15 is 4.39 Å². The van der Waals surface area contributed by atoms with Crippen LogP contribution >= 0.6 is 11.8 Å². The molecule has 1 unspecified atom stereocenters. The zero-order valence-corrected chi connectivity index (χ0v) is 31.9. The Balaban J connectivity index is 0.847. The average Bonchev–Trinajstić information content (AvgIpc) is 3.72. The largest absolute Gasteiger partial charge is 0.457 e. The number of halogens is 1. The number of hydrogen-bond donors (Lipinski definition) is 2. The quantitative estimate of drug-likeness (QED) is 0.0865. The topological polar surface area (TPSA) is 169 Å². The first-order valence-electron chi connectivity index (χ1n) is 18.9. The van der Waals surface area contributed by atoms with Crippen molar-refractivity contribution in [3.8, 4) is 22.8 Å². The number of para-hydroxylation sites is 1. The van der Waals surface area contributed by atoms with E-state index in [2.05, 4.69) is 20.6 Å². The van der Waals surface area contributed by atoms with Crippen molar-refractivity contribution in [2.75, 3.05) is 31.2 Å². The number of likely N-dealkylation sites (tertiary alicyclic amines) is 1. The second-order valence-electron chi connectivity index (χ2n) is 14.1. The van der Waals surface area contributed by atoms with E-state index in [0.29, 0.717) is 62.5 Å². The van der Waals surface area contributed by atoms with Crippen molar-refractivity contribution in [1.82, 2.24) is 34.9 Å². The van der Waals surface area contributed by atoms with E-state index in [4.69, 9.17) is 9.84 Å². The molecule has 8 rings (SSSR count). The van der Waals surface area contributed by atoms with E-state index in [1.807, 2.05) is 71.2 Å². The Hall–Kier alpha value is -6.16. The van der Waals surface area contributed by atoms with Gasteiger partial charge in [-0.1, -0.05) is 18.2 Å². The second kappa shape index (κ2) is 16.1. The molecule has 2 aromatic heterocycles. The third-order valence-corrected chi connectivity index (χ3v) is 11.6. The fourth-order valence-electron chi connectivity index (χ4n) is 7.58. The number of ether oxygens (including phenoxy) is 1. The smallest absolute Gasteiger partial charge is 0.262 e. The average molecular weight is 791 g/mol. The van der Waals surface area contributed by atoms with Gasteiger partial charge in [0.25, 0.3) is 11.8 Å². The number of imide groups is 2. The monoisotopic (exact) mass is 790 g/mol. The molecule has 0 radical (unpaired) electrons. The van der Waals surface area contributed by atoms with Crippen LogP contribution in [0, 0.1) is 5.82 Å². The van der Waals surface area contributed by atoms with Crippen LogP contribution in [0.5, 0.6) is 11.5 Å². The molecule has 2 saturated heterocycles. The highest BCUT2D eigenvalue weighted by molar-refractivity contribution is 7.99. The number of aromatic nitrogens is 4. The fourth-order valence-corrected chi connectivity index (χ4v) is 8.55. The minimum Gasteiger partial charge on any atom is -0.457 e. The van der Waals surface area contributed by atoms with E-state index in [1.165, 1.54) is 24.2 Å². The minimum atomic E-state index is -1.12. The molecule has 292 valence electrons. The highest BCUT2D eigenvalue weighted by Gasteiger charge is 2.45. The molecule has 3 aliphatic heterocycles. The molecule has 0 bridgehead atoms. The molecule has 2 N–H and O–H groups in total. The van der Waals surface area contributed by atoms with Crippen molar-refractivity contribution in [1.29, 1.82) is 0 Å². The van der Waals surface area contributed by atoms with Crippen LogP contribution in [0.4, 0.5) is 10.2 Å². The lowest BCUT2D eigenvalue weighted by atomic mass is 10.0. The van der Waals surface area contributed by atoms with Crippen molar-refractivity contribution >= 4 is 58.1 Å². The molecule has 5 aromatic rings. The van der Waals surface area contributed by atoms with Gasteiger partial charge in [0.1, 0.15) is 41.2 Å². The van der Waals surface area contributed by atoms with Gasteiger partial charge in [-0.05, 0) is 86.4 Å². The van der Waals surface area contributed by atoms with Gasteiger partial charge < -0.3 is 15.0 Å². The summed E-state index contributed by atoms with van der Waals surface area (Å²) in [5.41, 5.74) is 2.31. The Kier molecular flexibility index (Phi) is 10.7.